The number of carbonyl (C=O) groups excluding carboxylic acids is 3. The molecular weight excluding hydrogens is 406 g/mol. The SMILES string of the molecule is C=Cc1cc([N+](=O)[O-])c(C(=O)OC)cc1N1CCN(C(=O)OC(C)(C)C)CC1CC=O. The van der Waals surface area contributed by atoms with Crippen molar-refractivity contribution >= 4 is 35.8 Å². The number of piperazine rings is 1. The molecule has 1 aliphatic rings. The Labute approximate surface area is 180 Å². The third-order valence-corrected chi connectivity index (χ3v) is 4.78. The Kier molecular flexibility index (Phi) is 7.37. The number of amides is 1. The third kappa shape index (κ3) is 5.59. The van der Waals surface area contributed by atoms with E-state index in [9.17, 15) is 24.5 Å². The molecule has 0 aliphatic carbocycles. The van der Waals surface area contributed by atoms with E-state index in [1.54, 1.807) is 20.8 Å². The normalized spacial score (nSPS) is 16.5. The van der Waals surface area contributed by atoms with Gasteiger partial charge in [0.15, 0.2) is 0 Å². The number of ether oxygens (including phenoxy) is 2. The molecule has 10 nitrogen and oxygen atoms in total. The molecule has 1 aromatic carbocycles. The number of nitro groups is 1. The second-order valence-electron chi connectivity index (χ2n) is 8.06. The average molecular weight is 433 g/mol. The van der Waals surface area contributed by atoms with E-state index in [4.69, 9.17) is 9.47 Å². The first kappa shape index (κ1) is 23.8. The largest absolute Gasteiger partial charge is 0.465 e. The van der Waals surface area contributed by atoms with E-state index in [1.165, 1.54) is 23.1 Å². The molecule has 0 bridgehead atoms. The second-order valence-corrected chi connectivity index (χ2v) is 8.06. The zero-order chi connectivity index (χ0) is 23.3. The summed E-state index contributed by atoms with van der Waals surface area (Å²) in [6, 6.07) is 2.22. The van der Waals surface area contributed by atoms with Gasteiger partial charge in [-0.3, -0.25) is 10.1 Å². The van der Waals surface area contributed by atoms with E-state index in [0.717, 1.165) is 13.4 Å². The van der Waals surface area contributed by atoms with E-state index in [0.29, 0.717) is 24.3 Å². The van der Waals surface area contributed by atoms with Gasteiger partial charge >= 0.3 is 12.1 Å². The summed E-state index contributed by atoms with van der Waals surface area (Å²) in [5.74, 6) is -0.845. The molecule has 0 aromatic heterocycles. The van der Waals surface area contributed by atoms with Gasteiger partial charge in [0.2, 0.25) is 0 Å². The van der Waals surface area contributed by atoms with E-state index in [2.05, 4.69) is 6.58 Å². The van der Waals surface area contributed by atoms with Crippen LogP contribution in [0.15, 0.2) is 18.7 Å². The van der Waals surface area contributed by atoms with Crippen LogP contribution >= 0.6 is 0 Å². The van der Waals surface area contributed by atoms with Gasteiger partial charge in [-0.05, 0) is 26.8 Å². The fourth-order valence-corrected chi connectivity index (χ4v) is 3.41. The second kappa shape index (κ2) is 9.59. The van der Waals surface area contributed by atoms with E-state index < -0.39 is 34.3 Å². The lowest BCUT2D eigenvalue weighted by Gasteiger charge is -2.43. The van der Waals surface area contributed by atoms with Gasteiger partial charge in [-0.25, -0.2) is 9.59 Å². The molecule has 1 amide bonds. The summed E-state index contributed by atoms with van der Waals surface area (Å²) in [6.07, 6.45) is 1.82. The minimum Gasteiger partial charge on any atom is -0.465 e. The topological polar surface area (TPSA) is 119 Å². The molecule has 0 N–H and O–H groups in total. The maximum Gasteiger partial charge on any atom is 0.410 e. The van der Waals surface area contributed by atoms with Crippen LogP contribution in [0.3, 0.4) is 0 Å². The Hall–Kier alpha value is -3.43. The maximum atomic E-state index is 12.5. The highest BCUT2D eigenvalue weighted by Gasteiger charge is 2.34. The number of nitro benzene ring substituents is 1. The molecule has 1 atom stereocenters. The lowest BCUT2D eigenvalue weighted by molar-refractivity contribution is -0.385. The summed E-state index contributed by atoms with van der Waals surface area (Å²) >= 11 is 0. The molecule has 2 rings (SSSR count). The third-order valence-electron chi connectivity index (χ3n) is 4.78. The van der Waals surface area contributed by atoms with Crippen molar-refractivity contribution in [3.63, 3.8) is 0 Å². The highest BCUT2D eigenvalue weighted by molar-refractivity contribution is 5.96. The number of hydrogen-bond acceptors (Lipinski definition) is 8. The van der Waals surface area contributed by atoms with Crippen LogP contribution in [-0.2, 0) is 14.3 Å². The van der Waals surface area contributed by atoms with E-state index in [1.807, 2.05) is 4.90 Å². The molecule has 31 heavy (non-hydrogen) atoms. The van der Waals surface area contributed by atoms with Crippen LogP contribution in [0.2, 0.25) is 0 Å². The first-order valence-corrected chi connectivity index (χ1v) is 9.73. The maximum absolute atomic E-state index is 12.5. The number of carbonyl (C=O) groups is 3. The summed E-state index contributed by atoms with van der Waals surface area (Å²) in [6.45, 7) is 9.88. The standard InChI is InChI=1S/C21H27N3O7/c1-6-14-11-18(24(28)29)16(19(26)30-5)12-17(14)23-9-8-22(13-15(23)7-10-25)20(27)31-21(2,3)4/h6,10-12,15H,1,7-9,13H2,2-5H3. The number of rotatable bonds is 6. The molecule has 1 saturated heterocycles. The predicted molar refractivity (Wildman–Crippen MR) is 114 cm³/mol. The van der Waals surface area contributed by atoms with Crippen molar-refractivity contribution in [1.29, 1.82) is 0 Å². The van der Waals surface area contributed by atoms with Gasteiger partial charge in [-0.15, -0.1) is 0 Å². The fraction of sp³-hybridized carbons (Fsp3) is 0.476. The summed E-state index contributed by atoms with van der Waals surface area (Å²) in [5, 5.41) is 11.4. The Bertz CT molecular complexity index is 892. The minimum atomic E-state index is -0.845. The zero-order valence-electron chi connectivity index (χ0n) is 18.1. The summed E-state index contributed by atoms with van der Waals surface area (Å²) < 4.78 is 10.1. The molecule has 0 radical (unpaired) electrons. The molecule has 0 saturated carbocycles. The van der Waals surface area contributed by atoms with Crippen LogP contribution in [0.25, 0.3) is 6.08 Å². The summed E-state index contributed by atoms with van der Waals surface area (Å²) in [4.78, 5) is 50.1. The van der Waals surface area contributed by atoms with E-state index >= 15 is 0 Å². The smallest absolute Gasteiger partial charge is 0.410 e. The van der Waals surface area contributed by atoms with Crippen molar-refractivity contribution in [1.82, 2.24) is 4.90 Å². The molecule has 168 valence electrons. The number of benzene rings is 1. The number of esters is 1. The van der Waals surface area contributed by atoms with Gasteiger partial charge < -0.3 is 24.1 Å². The van der Waals surface area contributed by atoms with Crippen molar-refractivity contribution < 1.29 is 28.8 Å². The first-order valence-electron chi connectivity index (χ1n) is 9.73. The molecule has 1 fully saturated rings. The van der Waals surface area contributed by atoms with Gasteiger partial charge in [0, 0.05) is 43.4 Å². The van der Waals surface area contributed by atoms with Crippen LogP contribution in [0.1, 0.15) is 43.1 Å². The lowest BCUT2D eigenvalue weighted by Crippen LogP contribution is -2.56. The number of hydrogen-bond donors (Lipinski definition) is 0. The van der Waals surface area contributed by atoms with Crippen molar-refractivity contribution in [2.75, 3.05) is 31.6 Å². The molecule has 1 heterocycles. The molecule has 10 heteroatoms. The molecule has 0 spiro atoms. The van der Waals surface area contributed by atoms with Crippen LogP contribution in [0, 0.1) is 10.1 Å². The fourth-order valence-electron chi connectivity index (χ4n) is 3.41. The van der Waals surface area contributed by atoms with Crippen molar-refractivity contribution in [2.45, 2.75) is 38.8 Å². The lowest BCUT2D eigenvalue weighted by atomic mass is 10.0. The quantitative estimate of drug-likeness (QED) is 0.291. The summed E-state index contributed by atoms with van der Waals surface area (Å²) in [5.41, 5.74) is -0.326. The van der Waals surface area contributed by atoms with Crippen LogP contribution in [0.5, 0.6) is 0 Å². The Morgan fingerprint density at radius 3 is 2.52 bits per heavy atom. The van der Waals surface area contributed by atoms with Crippen molar-refractivity contribution in [2.24, 2.45) is 0 Å². The Morgan fingerprint density at radius 2 is 2.00 bits per heavy atom. The summed E-state index contributed by atoms with van der Waals surface area (Å²) in [7, 11) is 1.14. The number of nitrogens with zero attached hydrogens (tertiary/aromatic N) is 3. The van der Waals surface area contributed by atoms with Crippen LogP contribution in [0.4, 0.5) is 16.2 Å². The monoisotopic (exact) mass is 433 g/mol. The number of methoxy groups -OCH3 is 1. The van der Waals surface area contributed by atoms with Crippen molar-refractivity contribution in [3.05, 3.63) is 40.0 Å². The molecule has 1 aliphatic heterocycles. The van der Waals surface area contributed by atoms with Gasteiger partial charge in [0.25, 0.3) is 5.69 Å². The highest BCUT2D eigenvalue weighted by atomic mass is 16.6. The van der Waals surface area contributed by atoms with E-state index in [-0.39, 0.29) is 18.5 Å². The Morgan fingerprint density at radius 1 is 1.32 bits per heavy atom. The van der Waals surface area contributed by atoms with Gasteiger partial charge in [-0.2, -0.15) is 0 Å². The van der Waals surface area contributed by atoms with Crippen molar-refractivity contribution in [3.8, 4) is 0 Å². The highest BCUT2D eigenvalue weighted by Crippen LogP contribution is 2.34. The molecule has 1 unspecified atom stereocenters. The van der Waals surface area contributed by atoms with Gasteiger partial charge in [0.05, 0.1) is 18.1 Å². The zero-order valence-corrected chi connectivity index (χ0v) is 18.1. The predicted octanol–water partition coefficient (Wildman–Crippen LogP) is 3.04. The average Bonchev–Trinajstić information content (AvgIpc) is 2.71. The van der Waals surface area contributed by atoms with Crippen LogP contribution in [-0.4, -0.2) is 66.6 Å². The minimum absolute atomic E-state index is 0.112. The number of anilines is 1. The molecule has 1 aromatic rings. The van der Waals surface area contributed by atoms with Crippen LogP contribution < -0.4 is 4.90 Å². The molecular formula is C21H27N3O7. The van der Waals surface area contributed by atoms with Gasteiger partial charge in [-0.1, -0.05) is 12.7 Å². The van der Waals surface area contributed by atoms with Gasteiger partial charge in [0.1, 0.15) is 17.5 Å². The first-order chi connectivity index (χ1) is 14.5. The number of aldehydes is 1. The Balaban J connectivity index is 2.45.